The SMILES string of the molecule is O=C1c2ccc([N+](=O)[O-])cc2C(=O)N1Cc1ccc(F)c2cccnc12. The molecular weight excluding hydrogens is 341 g/mol. The van der Waals surface area contributed by atoms with E-state index in [-0.39, 0.29) is 28.7 Å². The van der Waals surface area contributed by atoms with Gasteiger partial charge in [-0.3, -0.25) is 29.6 Å². The van der Waals surface area contributed by atoms with E-state index < -0.39 is 22.6 Å². The standard InChI is InChI=1S/C18H10FN3O4/c19-15-6-3-10(16-13(15)2-1-7-20-16)9-21-17(23)12-5-4-11(22(25)26)8-14(12)18(21)24/h1-8H,9H2. The third-order valence-electron chi connectivity index (χ3n) is 4.29. The quantitative estimate of drug-likeness (QED) is 0.411. The molecule has 1 aromatic heterocycles. The number of halogens is 1. The fourth-order valence-electron chi connectivity index (χ4n) is 3.03. The molecule has 7 nitrogen and oxygen atoms in total. The molecule has 4 rings (SSSR count). The highest BCUT2D eigenvalue weighted by Crippen LogP contribution is 2.29. The van der Waals surface area contributed by atoms with Crippen LogP contribution in [-0.2, 0) is 6.54 Å². The first kappa shape index (κ1) is 15.8. The van der Waals surface area contributed by atoms with Crippen molar-refractivity contribution >= 4 is 28.4 Å². The summed E-state index contributed by atoms with van der Waals surface area (Å²) in [5, 5.41) is 11.2. The molecule has 26 heavy (non-hydrogen) atoms. The van der Waals surface area contributed by atoms with Crippen LogP contribution in [0, 0.1) is 15.9 Å². The van der Waals surface area contributed by atoms with Gasteiger partial charge in [0, 0.05) is 23.7 Å². The molecule has 0 unspecified atom stereocenters. The Morgan fingerprint density at radius 2 is 1.85 bits per heavy atom. The Hall–Kier alpha value is -3.68. The summed E-state index contributed by atoms with van der Waals surface area (Å²) < 4.78 is 13.9. The van der Waals surface area contributed by atoms with Crippen LogP contribution >= 0.6 is 0 Å². The molecule has 0 aliphatic carbocycles. The van der Waals surface area contributed by atoms with Crippen LogP contribution in [0.2, 0.25) is 0 Å². The Morgan fingerprint density at radius 3 is 2.62 bits per heavy atom. The first-order valence-corrected chi connectivity index (χ1v) is 7.64. The summed E-state index contributed by atoms with van der Waals surface area (Å²) >= 11 is 0. The number of rotatable bonds is 3. The number of nitro groups is 1. The van der Waals surface area contributed by atoms with Crippen LogP contribution in [0.1, 0.15) is 26.3 Å². The summed E-state index contributed by atoms with van der Waals surface area (Å²) in [6.07, 6.45) is 1.50. The van der Waals surface area contributed by atoms with Gasteiger partial charge in [0.05, 0.1) is 28.1 Å². The van der Waals surface area contributed by atoms with Crippen molar-refractivity contribution in [3.8, 4) is 0 Å². The van der Waals surface area contributed by atoms with Crippen LogP contribution in [0.25, 0.3) is 10.9 Å². The second-order valence-corrected chi connectivity index (χ2v) is 5.79. The molecule has 1 aliphatic rings. The molecule has 3 aromatic rings. The van der Waals surface area contributed by atoms with Crippen LogP contribution in [0.3, 0.4) is 0 Å². The molecule has 8 heteroatoms. The van der Waals surface area contributed by atoms with Crippen molar-refractivity contribution in [2.75, 3.05) is 0 Å². The monoisotopic (exact) mass is 351 g/mol. The van der Waals surface area contributed by atoms with Crippen molar-refractivity contribution in [3.63, 3.8) is 0 Å². The van der Waals surface area contributed by atoms with Crippen LogP contribution in [0.15, 0.2) is 48.7 Å². The van der Waals surface area contributed by atoms with E-state index in [2.05, 4.69) is 4.98 Å². The molecule has 0 N–H and O–H groups in total. The fourth-order valence-corrected chi connectivity index (χ4v) is 3.03. The Bertz CT molecular complexity index is 1110. The minimum atomic E-state index is -0.627. The zero-order valence-corrected chi connectivity index (χ0v) is 13.2. The van der Waals surface area contributed by atoms with Gasteiger partial charge in [0.1, 0.15) is 5.82 Å². The van der Waals surface area contributed by atoms with Crippen molar-refractivity contribution in [1.29, 1.82) is 0 Å². The number of nitrogens with zero attached hydrogens (tertiary/aromatic N) is 3. The summed E-state index contributed by atoms with van der Waals surface area (Å²) in [7, 11) is 0. The molecular formula is C18H10FN3O4. The van der Waals surface area contributed by atoms with E-state index in [0.717, 1.165) is 11.0 Å². The molecule has 1 aliphatic heterocycles. The highest BCUT2D eigenvalue weighted by Gasteiger charge is 2.37. The Labute approximate surface area is 145 Å². The molecule has 0 fully saturated rings. The van der Waals surface area contributed by atoms with Crippen molar-refractivity contribution in [2.45, 2.75) is 6.54 Å². The van der Waals surface area contributed by atoms with Gasteiger partial charge in [0.15, 0.2) is 0 Å². The first-order valence-electron chi connectivity index (χ1n) is 7.64. The van der Waals surface area contributed by atoms with E-state index in [4.69, 9.17) is 0 Å². The second kappa shape index (κ2) is 5.69. The molecule has 0 radical (unpaired) electrons. The second-order valence-electron chi connectivity index (χ2n) is 5.79. The molecule has 2 aromatic carbocycles. The maximum Gasteiger partial charge on any atom is 0.270 e. The fraction of sp³-hybridized carbons (Fsp3) is 0.0556. The number of aromatic nitrogens is 1. The lowest BCUT2D eigenvalue weighted by Gasteiger charge is -2.15. The number of carbonyl (C=O) groups excluding carboxylic acids is 2. The predicted molar refractivity (Wildman–Crippen MR) is 89.0 cm³/mol. The van der Waals surface area contributed by atoms with E-state index in [1.54, 1.807) is 12.1 Å². The topological polar surface area (TPSA) is 93.4 Å². The first-order chi connectivity index (χ1) is 12.5. The highest BCUT2D eigenvalue weighted by atomic mass is 19.1. The lowest BCUT2D eigenvalue weighted by atomic mass is 10.1. The number of imide groups is 1. The third-order valence-corrected chi connectivity index (χ3v) is 4.29. The number of hydrogen-bond donors (Lipinski definition) is 0. The van der Waals surface area contributed by atoms with Crippen molar-refractivity contribution in [1.82, 2.24) is 9.88 Å². The summed E-state index contributed by atoms with van der Waals surface area (Å²) in [6, 6.07) is 9.43. The Kier molecular flexibility index (Phi) is 3.47. The van der Waals surface area contributed by atoms with Gasteiger partial charge in [-0.05, 0) is 29.8 Å². The van der Waals surface area contributed by atoms with E-state index in [9.17, 15) is 24.1 Å². The number of nitro benzene ring substituents is 1. The number of pyridine rings is 1. The maximum atomic E-state index is 13.9. The van der Waals surface area contributed by atoms with Crippen LogP contribution in [-0.4, -0.2) is 26.6 Å². The summed E-state index contributed by atoms with van der Waals surface area (Å²) in [4.78, 5) is 40.5. The normalized spacial score (nSPS) is 13.3. The summed E-state index contributed by atoms with van der Waals surface area (Å²) in [5.41, 5.74) is 0.699. The molecule has 0 saturated carbocycles. The smallest absolute Gasteiger partial charge is 0.270 e. The lowest BCUT2D eigenvalue weighted by molar-refractivity contribution is -0.384. The zero-order chi connectivity index (χ0) is 18.4. The summed E-state index contributed by atoms with van der Waals surface area (Å²) in [5.74, 6) is -1.62. The van der Waals surface area contributed by atoms with Gasteiger partial charge in [-0.2, -0.15) is 0 Å². The average molecular weight is 351 g/mol. The molecule has 2 amide bonds. The van der Waals surface area contributed by atoms with Crippen LogP contribution < -0.4 is 0 Å². The molecule has 0 atom stereocenters. The average Bonchev–Trinajstić information content (AvgIpc) is 2.88. The highest BCUT2D eigenvalue weighted by molar-refractivity contribution is 6.21. The molecule has 0 bridgehead atoms. The van der Waals surface area contributed by atoms with E-state index in [1.807, 2.05) is 0 Å². The van der Waals surface area contributed by atoms with Gasteiger partial charge in [-0.25, -0.2) is 4.39 Å². The maximum absolute atomic E-state index is 13.9. The van der Waals surface area contributed by atoms with Gasteiger partial charge >= 0.3 is 0 Å². The summed E-state index contributed by atoms with van der Waals surface area (Å²) in [6.45, 7) is -0.103. The van der Waals surface area contributed by atoms with Gasteiger partial charge in [-0.15, -0.1) is 0 Å². The van der Waals surface area contributed by atoms with Crippen molar-refractivity contribution in [2.24, 2.45) is 0 Å². The predicted octanol–water partition coefficient (Wildman–Crippen LogP) is 3.08. The van der Waals surface area contributed by atoms with E-state index >= 15 is 0 Å². The number of amides is 2. The Balaban J connectivity index is 1.74. The lowest BCUT2D eigenvalue weighted by Crippen LogP contribution is -2.29. The Morgan fingerprint density at radius 1 is 1.08 bits per heavy atom. The van der Waals surface area contributed by atoms with E-state index in [1.165, 1.54) is 30.5 Å². The van der Waals surface area contributed by atoms with Gasteiger partial charge in [-0.1, -0.05) is 6.07 Å². The number of non-ortho nitro benzene ring substituents is 1. The van der Waals surface area contributed by atoms with Crippen molar-refractivity contribution in [3.05, 3.63) is 81.3 Å². The number of carbonyl (C=O) groups is 2. The number of fused-ring (bicyclic) bond motifs is 2. The van der Waals surface area contributed by atoms with Crippen LogP contribution in [0.5, 0.6) is 0 Å². The number of benzene rings is 2. The molecule has 2 heterocycles. The minimum Gasteiger partial charge on any atom is -0.270 e. The molecule has 128 valence electrons. The van der Waals surface area contributed by atoms with Gasteiger partial charge in [0.25, 0.3) is 17.5 Å². The molecule has 0 saturated heterocycles. The third kappa shape index (κ3) is 2.31. The number of hydrogen-bond acceptors (Lipinski definition) is 5. The van der Waals surface area contributed by atoms with E-state index in [0.29, 0.717) is 11.1 Å². The largest absolute Gasteiger partial charge is 0.270 e. The molecule has 0 spiro atoms. The van der Waals surface area contributed by atoms with Crippen LogP contribution in [0.4, 0.5) is 10.1 Å². The zero-order valence-electron chi connectivity index (χ0n) is 13.2. The van der Waals surface area contributed by atoms with Gasteiger partial charge < -0.3 is 0 Å². The minimum absolute atomic E-state index is 0.0106. The van der Waals surface area contributed by atoms with Crippen molar-refractivity contribution < 1.29 is 18.9 Å². The van der Waals surface area contributed by atoms with Gasteiger partial charge in [0.2, 0.25) is 0 Å².